The molecule has 1 atom stereocenters. The van der Waals surface area contributed by atoms with E-state index in [-0.39, 0.29) is 17.3 Å². The predicted molar refractivity (Wildman–Crippen MR) is 72.0 cm³/mol. The molecule has 0 aromatic carbocycles. The molecule has 1 unspecified atom stereocenters. The standard InChI is InChI=1S/C15H22N2O2/c1-17-11-13(10-16-17)14(18)12-5-8-19-15(9-12)6-3-2-4-7-15/h10-12H,2-9H2,1H3. The lowest BCUT2D eigenvalue weighted by Gasteiger charge is -2.43. The van der Waals surface area contributed by atoms with Gasteiger partial charge in [0.15, 0.2) is 5.78 Å². The van der Waals surface area contributed by atoms with Gasteiger partial charge in [-0.2, -0.15) is 5.10 Å². The van der Waals surface area contributed by atoms with Crippen LogP contribution in [-0.2, 0) is 11.8 Å². The van der Waals surface area contributed by atoms with Crippen LogP contribution >= 0.6 is 0 Å². The van der Waals surface area contributed by atoms with E-state index in [2.05, 4.69) is 5.10 Å². The first-order chi connectivity index (χ1) is 9.19. The highest BCUT2D eigenvalue weighted by atomic mass is 16.5. The molecule has 4 heteroatoms. The Balaban J connectivity index is 1.72. The second-order valence-electron chi connectivity index (χ2n) is 6.05. The molecular formula is C15H22N2O2. The van der Waals surface area contributed by atoms with E-state index < -0.39 is 0 Å². The van der Waals surface area contributed by atoms with E-state index in [0.29, 0.717) is 0 Å². The minimum Gasteiger partial charge on any atom is -0.375 e. The summed E-state index contributed by atoms with van der Waals surface area (Å²) in [7, 11) is 1.85. The Hall–Kier alpha value is -1.16. The molecule has 2 fully saturated rings. The van der Waals surface area contributed by atoms with E-state index in [0.717, 1.165) is 37.9 Å². The zero-order valence-electron chi connectivity index (χ0n) is 11.6. The van der Waals surface area contributed by atoms with Crippen molar-refractivity contribution >= 4 is 5.78 Å². The largest absolute Gasteiger partial charge is 0.375 e. The fourth-order valence-electron chi connectivity index (χ4n) is 3.58. The molecule has 4 nitrogen and oxygen atoms in total. The number of ketones is 1. The lowest BCUT2D eigenvalue weighted by molar-refractivity contribution is -0.111. The van der Waals surface area contributed by atoms with Crippen LogP contribution in [0.5, 0.6) is 0 Å². The zero-order valence-corrected chi connectivity index (χ0v) is 11.6. The summed E-state index contributed by atoms with van der Waals surface area (Å²) in [5, 5.41) is 4.10. The van der Waals surface area contributed by atoms with Gasteiger partial charge in [0.2, 0.25) is 0 Å². The molecule has 0 N–H and O–H groups in total. The van der Waals surface area contributed by atoms with Crippen molar-refractivity contribution in [1.29, 1.82) is 0 Å². The number of hydrogen-bond donors (Lipinski definition) is 0. The van der Waals surface area contributed by atoms with Gasteiger partial charge < -0.3 is 4.74 Å². The quantitative estimate of drug-likeness (QED) is 0.770. The average molecular weight is 262 g/mol. The molecule has 1 aliphatic heterocycles. The van der Waals surface area contributed by atoms with Crippen LogP contribution in [0.25, 0.3) is 0 Å². The number of rotatable bonds is 2. The molecule has 104 valence electrons. The van der Waals surface area contributed by atoms with Crippen molar-refractivity contribution in [2.24, 2.45) is 13.0 Å². The van der Waals surface area contributed by atoms with E-state index in [9.17, 15) is 4.79 Å². The number of aryl methyl sites for hydroxylation is 1. The van der Waals surface area contributed by atoms with Gasteiger partial charge in [-0.25, -0.2) is 0 Å². The molecular weight excluding hydrogens is 240 g/mol. The van der Waals surface area contributed by atoms with Crippen LogP contribution in [0.3, 0.4) is 0 Å². The molecule has 2 heterocycles. The van der Waals surface area contributed by atoms with Gasteiger partial charge in [-0.15, -0.1) is 0 Å². The molecule has 2 aliphatic rings. The summed E-state index contributed by atoms with van der Waals surface area (Å²) in [6.45, 7) is 0.733. The molecule has 0 amide bonds. The molecule has 0 bridgehead atoms. The maximum atomic E-state index is 12.5. The molecule has 0 radical (unpaired) electrons. The normalized spacial score (nSPS) is 26.5. The van der Waals surface area contributed by atoms with Crippen molar-refractivity contribution in [3.8, 4) is 0 Å². The van der Waals surface area contributed by atoms with Gasteiger partial charge in [0.05, 0.1) is 17.4 Å². The van der Waals surface area contributed by atoms with Crippen molar-refractivity contribution in [2.75, 3.05) is 6.61 Å². The third-order valence-corrected chi connectivity index (χ3v) is 4.62. The summed E-state index contributed by atoms with van der Waals surface area (Å²) < 4.78 is 7.75. The Bertz CT molecular complexity index is 455. The van der Waals surface area contributed by atoms with Crippen LogP contribution in [-0.4, -0.2) is 27.8 Å². The van der Waals surface area contributed by atoms with Gasteiger partial charge in [-0.05, 0) is 25.7 Å². The summed E-state index contributed by atoms with van der Waals surface area (Å²) in [6.07, 6.45) is 11.3. The highest BCUT2D eigenvalue weighted by Gasteiger charge is 2.40. The first kappa shape index (κ1) is 12.9. The summed E-state index contributed by atoms with van der Waals surface area (Å²) >= 11 is 0. The van der Waals surface area contributed by atoms with Crippen LogP contribution in [0.15, 0.2) is 12.4 Å². The Labute approximate surface area is 114 Å². The highest BCUT2D eigenvalue weighted by molar-refractivity contribution is 5.97. The number of carbonyl (C=O) groups is 1. The van der Waals surface area contributed by atoms with E-state index in [1.54, 1.807) is 10.9 Å². The summed E-state index contributed by atoms with van der Waals surface area (Å²) in [6, 6.07) is 0. The molecule has 1 saturated heterocycles. The van der Waals surface area contributed by atoms with Gasteiger partial charge in [0.25, 0.3) is 0 Å². The fraction of sp³-hybridized carbons (Fsp3) is 0.733. The molecule has 3 rings (SSSR count). The Kier molecular flexibility index (Phi) is 3.44. The first-order valence-corrected chi connectivity index (χ1v) is 7.35. The van der Waals surface area contributed by atoms with Crippen molar-refractivity contribution < 1.29 is 9.53 Å². The SMILES string of the molecule is Cn1cc(C(=O)C2CCOC3(CCCCC3)C2)cn1. The number of aromatic nitrogens is 2. The van der Waals surface area contributed by atoms with Gasteiger partial charge in [-0.1, -0.05) is 19.3 Å². The average Bonchev–Trinajstić information content (AvgIpc) is 2.85. The molecule has 1 saturated carbocycles. The second kappa shape index (κ2) is 5.08. The van der Waals surface area contributed by atoms with Gasteiger partial charge in [0.1, 0.15) is 0 Å². The Morgan fingerprint density at radius 1 is 1.42 bits per heavy atom. The molecule has 1 aliphatic carbocycles. The van der Waals surface area contributed by atoms with Gasteiger partial charge >= 0.3 is 0 Å². The second-order valence-corrected chi connectivity index (χ2v) is 6.05. The topological polar surface area (TPSA) is 44.1 Å². The number of hydrogen-bond acceptors (Lipinski definition) is 3. The van der Waals surface area contributed by atoms with Crippen molar-refractivity contribution in [1.82, 2.24) is 9.78 Å². The number of carbonyl (C=O) groups excluding carboxylic acids is 1. The summed E-state index contributed by atoms with van der Waals surface area (Å²) in [5.41, 5.74) is 0.749. The summed E-state index contributed by atoms with van der Waals surface area (Å²) in [4.78, 5) is 12.5. The number of ether oxygens (including phenoxy) is 1. The number of nitrogens with zero attached hydrogens (tertiary/aromatic N) is 2. The van der Waals surface area contributed by atoms with Crippen LogP contribution in [0.2, 0.25) is 0 Å². The molecule has 1 aromatic heterocycles. The maximum Gasteiger partial charge on any atom is 0.169 e. The highest BCUT2D eigenvalue weighted by Crippen LogP contribution is 2.41. The molecule has 1 spiro atoms. The third-order valence-electron chi connectivity index (χ3n) is 4.62. The van der Waals surface area contributed by atoms with Crippen molar-refractivity contribution in [3.05, 3.63) is 18.0 Å². The Morgan fingerprint density at radius 2 is 2.21 bits per heavy atom. The first-order valence-electron chi connectivity index (χ1n) is 7.35. The predicted octanol–water partition coefficient (Wildman–Crippen LogP) is 2.73. The third kappa shape index (κ3) is 2.59. The molecule has 1 aromatic rings. The van der Waals surface area contributed by atoms with Crippen LogP contribution < -0.4 is 0 Å². The van der Waals surface area contributed by atoms with E-state index >= 15 is 0 Å². The van der Waals surface area contributed by atoms with E-state index in [1.807, 2.05) is 13.2 Å². The van der Waals surface area contributed by atoms with Gasteiger partial charge in [0, 0.05) is 25.8 Å². The fourth-order valence-corrected chi connectivity index (χ4v) is 3.58. The van der Waals surface area contributed by atoms with Crippen LogP contribution in [0, 0.1) is 5.92 Å². The van der Waals surface area contributed by atoms with Gasteiger partial charge in [-0.3, -0.25) is 9.48 Å². The maximum absolute atomic E-state index is 12.5. The van der Waals surface area contributed by atoms with E-state index in [1.165, 1.54) is 19.3 Å². The van der Waals surface area contributed by atoms with Crippen molar-refractivity contribution in [3.63, 3.8) is 0 Å². The lowest BCUT2D eigenvalue weighted by Crippen LogP contribution is -2.43. The minimum absolute atomic E-state index is 0.000957. The minimum atomic E-state index is -0.000957. The Morgan fingerprint density at radius 3 is 2.89 bits per heavy atom. The monoisotopic (exact) mass is 262 g/mol. The lowest BCUT2D eigenvalue weighted by atomic mass is 9.74. The summed E-state index contributed by atoms with van der Waals surface area (Å²) in [5.74, 6) is 0.373. The number of Topliss-reactive ketones (excluding diaryl/α,β-unsaturated/α-hetero) is 1. The smallest absolute Gasteiger partial charge is 0.169 e. The van der Waals surface area contributed by atoms with Crippen molar-refractivity contribution in [2.45, 2.75) is 50.5 Å². The zero-order chi connectivity index (χ0) is 13.3. The van der Waals surface area contributed by atoms with Crippen LogP contribution in [0.4, 0.5) is 0 Å². The van der Waals surface area contributed by atoms with E-state index in [4.69, 9.17) is 4.74 Å². The van der Waals surface area contributed by atoms with Crippen LogP contribution in [0.1, 0.15) is 55.3 Å². The molecule has 19 heavy (non-hydrogen) atoms.